The molecule has 0 saturated carbocycles. The molecular weight excluding hydrogens is 731 g/mol. The molecule has 3 heterocycles. The zero-order valence-corrected chi connectivity index (χ0v) is 33.3. The number of nitrogens with zero attached hydrogens (tertiary/aromatic N) is 5. The summed E-state index contributed by atoms with van der Waals surface area (Å²) in [5, 5.41) is 0. The fraction of sp³-hybridized carbons (Fsp3) is 0.0545. The molecule has 3 aromatic heterocycles. The molecule has 0 bridgehead atoms. The van der Waals surface area contributed by atoms with Crippen molar-refractivity contribution in [2.24, 2.45) is 0 Å². The smallest absolute Gasteiger partial charge is 0.164 e. The Labute approximate surface area is 349 Å². The summed E-state index contributed by atoms with van der Waals surface area (Å²) in [5.74, 6) is 1.54. The van der Waals surface area contributed by atoms with Gasteiger partial charge in [-0.2, -0.15) is 0 Å². The van der Waals surface area contributed by atoms with E-state index in [2.05, 4.69) is 169 Å². The topological polar surface area (TPSA) is 56.5 Å². The van der Waals surface area contributed by atoms with E-state index < -0.39 is 0 Å². The minimum absolute atomic E-state index is 0.0966. The van der Waals surface area contributed by atoms with Crippen LogP contribution < -0.4 is 0 Å². The number of hydrogen-bond acceptors (Lipinski definition) is 4. The summed E-state index contributed by atoms with van der Waals surface area (Å²) in [6.45, 7) is 4.64. The predicted octanol–water partition coefficient (Wildman–Crippen LogP) is 13.5. The van der Waals surface area contributed by atoms with Crippen molar-refractivity contribution >= 4 is 11.0 Å². The molecule has 60 heavy (non-hydrogen) atoms. The number of benzene rings is 7. The fourth-order valence-corrected chi connectivity index (χ4v) is 8.86. The molecule has 0 spiro atoms. The molecule has 1 aliphatic carbocycles. The average Bonchev–Trinajstić information content (AvgIpc) is 3.82. The number of pyridine rings is 1. The van der Waals surface area contributed by atoms with E-state index in [0.29, 0.717) is 5.82 Å². The summed E-state index contributed by atoms with van der Waals surface area (Å²) in [4.78, 5) is 19.9. The van der Waals surface area contributed by atoms with Crippen molar-refractivity contribution in [3.8, 4) is 84.5 Å². The van der Waals surface area contributed by atoms with E-state index in [1.165, 1.54) is 22.3 Å². The van der Waals surface area contributed by atoms with Gasteiger partial charge in [-0.3, -0.25) is 9.55 Å². The van der Waals surface area contributed by atoms with Gasteiger partial charge >= 0.3 is 0 Å². The molecule has 0 amide bonds. The molecule has 0 N–H and O–H groups in total. The molecule has 10 aromatic rings. The summed E-state index contributed by atoms with van der Waals surface area (Å²) in [6, 6.07) is 68.2. The molecule has 0 aliphatic heterocycles. The second-order valence-corrected chi connectivity index (χ2v) is 15.9. The molecule has 0 saturated heterocycles. The van der Waals surface area contributed by atoms with Crippen LogP contribution in [0.15, 0.2) is 200 Å². The van der Waals surface area contributed by atoms with E-state index in [1.54, 1.807) is 0 Å². The van der Waals surface area contributed by atoms with E-state index in [0.717, 1.165) is 78.6 Å². The Bertz CT molecular complexity index is 3180. The Morgan fingerprint density at radius 2 is 1.00 bits per heavy atom. The quantitative estimate of drug-likeness (QED) is 0.162. The van der Waals surface area contributed by atoms with Crippen molar-refractivity contribution in [1.29, 1.82) is 0 Å². The van der Waals surface area contributed by atoms with Gasteiger partial charge in [0.1, 0.15) is 5.69 Å². The molecule has 7 aromatic carbocycles. The predicted molar refractivity (Wildman–Crippen MR) is 245 cm³/mol. The van der Waals surface area contributed by atoms with Crippen LogP contribution in [0, 0.1) is 0 Å². The van der Waals surface area contributed by atoms with Crippen LogP contribution in [-0.2, 0) is 5.41 Å². The van der Waals surface area contributed by atoms with Crippen molar-refractivity contribution in [3.05, 3.63) is 211 Å². The molecule has 5 heteroatoms. The number of rotatable bonds is 7. The SMILES string of the molecule is CC1(C)c2ccccc2-c2c(-c3cc(-c4ccc(-c5ccc(-c6ccc(-n7c(-c8ccccn8)nc8ccccc87)cc6)cc5)cc4)nc(-c4ccccc4)n3)cccc21. The van der Waals surface area contributed by atoms with Crippen LogP contribution in [0.1, 0.15) is 25.0 Å². The van der Waals surface area contributed by atoms with Crippen molar-refractivity contribution in [3.63, 3.8) is 0 Å². The normalized spacial score (nSPS) is 12.6. The summed E-state index contributed by atoms with van der Waals surface area (Å²) < 4.78 is 2.19. The third-order valence-corrected chi connectivity index (χ3v) is 12.0. The monoisotopic (exact) mass is 769 g/mol. The second-order valence-electron chi connectivity index (χ2n) is 15.9. The molecule has 284 valence electrons. The molecule has 1 aliphatic rings. The van der Waals surface area contributed by atoms with Gasteiger partial charge < -0.3 is 0 Å². The Morgan fingerprint density at radius 1 is 0.417 bits per heavy atom. The van der Waals surface area contributed by atoms with Crippen LogP contribution in [0.3, 0.4) is 0 Å². The van der Waals surface area contributed by atoms with E-state index in [9.17, 15) is 0 Å². The van der Waals surface area contributed by atoms with Crippen LogP contribution in [0.2, 0.25) is 0 Å². The van der Waals surface area contributed by atoms with Crippen LogP contribution in [0.25, 0.3) is 95.5 Å². The summed E-state index contributed by atoms with van der Waals surface area (Å²) in [6.07, 6.45) is 1.81. The molecule has 0 fully saturated rings. The first-order chi connectivity index (χ1) is 29.5. The fourth-order valence-electron chi connectivity index (χ4n) is 8.86. The zero-order chi connectivity index (χ0) is 40.2. The van der Waals surface area contributed by atoms with Crippen LogP contribution in [-0.4, -0.2) is 24.5 Å². The molecule has 5 nitrogen and oxygen atoms in total. The lowest BCUT2D eigenvalue weighted by Crippen LogP contribution is -2.14. The number of imidazole rings is 1. The summed E-state index contributed by atoms with van der Waals surface area (Å²) >= 11 is 0. The molecule has 11 rings (SSSR count). The molecular formula is C55H39N5. The van der Waals surface area contributed by atoms with Gasteiger partial charge in [-0.15, -0.1) is 0 Å². The lowest BCUT2D eigenvalue weighted by atomic mass is 9.82. The van der Waals surface area contributed by atoms with Gasteiger partial charge in [0, 0.05) is 34.0 Å². The van der Waals surface area contributed by atoms with Crippen LogP contribution >= 0.6 is 0 Å². The lowest BCUT2D eigenvalue weighted by molar-refractivity contribution is 0.660. The number of aromatic nitrogens is 5. The van der Waals surface area contributed by atoms with Gasteiger partial charge in [-0.1, -0.05) is 166 Å². The van der Waals surface area contributed by atoms with Gasteiger partial charge in [0.05, 0.1) is 22.4 Å². The standard InChI is InChI=1S/C55H39N5/c1-55(2)45-17-7-6-15-43(45)52-44(16-12-18-46(52)55)50-35-49(57-53(58-50)41-13-4-3-5-14-41)40-28-26-38(27-29-40)36-22-24-37(25-23-36)39-30-32-42(33-31-39)60-51-21-9-8-19-47(51)59-54(60)48-20-10-11-34-56-48/h3-35H,1-2H3. The van der Waals surface area contributed by atoms with Crippen LogP contribution in [0.5, 0.6) is 0 Å². The highest BCUT2D eigenvalue weighted by Gasteiger charge is 2.36. The lowest BCUT2D eigenvalue weighted by Gasteiger charge is -2.21. The van der Waals surface area contributed by atoms with Gasteiger partial charge in [-0.25, -0.2) is 15.0 Å². The second kappa shape index (κ2) is 14.3. The van der Waals surface area contributed by atoms with Crippen molar-refractivity contribution < 1.29 is 0 Å². The van der Waals surface area contributed by atoms with Gasteiger partial charge in [0.2, 0.25) is 0 Å². The highest BCUT2D eigenvalue weighted by Crippen LogP contribution is 2.52. The first-order valence-corrected chi connectivity index (χ1v) is 20.4. The van der Waals surface area contributed by atoms with E-state index in [-0.39, 0.29) is 5.41 Å². The average molecular weight is 770 g/mol. The maximum atomic E-state index is 5.22. The zero-order valence-electron chi connectivity index (χ0n) is 33.3. The highest BCUT2D eigenvalue weighted by molar-refractivity contribution is 5.92. The van der Waals surface area contributed by atoms with Crippen molar-refractivity contribution in [2.75, 3.05) is 0 Å². The summed E-state index contributed by atoms with van der Waals surface area (Å²) in [7, 11) is 0. The van der Waals surface area contributed by atoms with Gasteiger partial charge in [-0.05, 0) is 87.0 Å². The minimum Gasteiger partial charge on any atom is -0.291 e. The van der Waals surface area contributed by atoms with E-state index >= 15 is 0 Å². The highest BCUT2D eigenvalue weighted by atomic mass is 15.1. The van der Waals surface area contributed by atoms with Crippen molar-refractivity contribution in [1.82, 2.24) is 24.5 Å². The maximum Gasteiger partial charge on any atom is 0.164 e. The van der Waals surface area contributed by atoms with E-state index in [1.807, 2.05) is 54.7 Å². The minimum atomic E-state index is -0.0966. The van der Waals surface area contributed by atoms with E-state index in [4.69, 9.17) is 15.0 Å². The van der Waals surface area contributed by atoms with Crippen LogP contribution in [0.4, 0.5) is 0 Å². The Kier molecular flexibility index (Phi) is 8.41. The summed E-state index contributed by atoms with van der Waals surface area (Å²) in [5.41, 5.74) is 18.6. The Balaban J connectivity index is 0.901. The first kappa shape index (κ1) is 35.4. The van der Waals surface area contributed by atoms with Crippen molar-refractivity contribution in [2.45, 2.75) is 19.3 Å². The third-order valence-electron chi connectivity index (χ3n) is 12.0. The Hall–Kier alpha value is -7.76. The van der Waals surface area contributed by atoms with Gasteiger partial charge in [0.25, 0.3) is 0 Å². The molecule has 0 atom stereocenters. The molecule has 0 radical (unpaired) electrons. The third kappa shape index (κ3) is 6.02. The Morgan fingerprint density at radius 3 is 1.72 bits per heavy atom. The van der Waals surface area contributed by atoms with Gasteiger partial charge in [0.15, 0.2) is 11.6 Å². The number of fused-ring (bicyclic) bond motifs is 4. The molecule has 0 unspecified atom stereocenters. The number of hydrogen-bond donors (Lipinski definition) is 0. The number of para-hydroxylation sites is 2. The largest absolute Gasteiger partial charge is 0.291 e. The first-order valence-electron chi connectivity index (χ1n) is 20.4. The maximum absolute atomic E-state index is 5.22.